The van der Waals surface area contributed by atoms with Crippen molar-refractivity contribution in [2.24, 2.45) is 11.8 Å². The number of halogens is 1. The Morgan fingerprint density at radius 1 is 1.13 bits per heavy atom. The number of anilines is 2. The lowest BCUT2D eigenvalue weighted by atomic mass is 9.76. The minimum Gasteiger partial charge on any atom is -0.324 e. The molecule has 3 amide bonds. The SMILES string of the molecule is CSCC[C@@H]1N[C@]2(C(=O)Nc3ccccc32)[C@@H]2C(=O)N(c3ccc(C)cc3Br)C(=O)[C@@H]12. The Hall–Kier alpha value is -2.16. The van der Waals surface area contributed by atoms with Crippen LogP contribution in [0, 0.1) is 18.8 Å². The predicted molar refractivity (Wildman–Crippen MR) is 125 cm³/mol. The molecule has 2 saturated heterocycles. The molecule has 0 bridgehead atoms. The Labute approximate surface area is 193 Å². The van der Waals surface area contributed by atoms with E-state index in [0.717, 1.165) is 16.9 Å². The quantitative estimate of drug-likeness (QED) is 0.630. The third-order valence-electron chi connectivity index (χ3n) is 6.60. The van der Waals surface area contributed by atoms with Crippen LogP contribution in [-0.2, 0) is 19.9 Å². The van der Waals surface area contributed by atoms with Crippen LogP contribution in [-0.4, -0.2) is 35.8 Å². The number of hydrogen-bond donors (Lipinski definition) is 2. The first-order valence-corrected chi connectivity index (χ1v) is 12.4. The number of nitrogens with zero attached hydrogens (tertiary/aromatic N) is 1. The number of aryl methyl sites for hydroxylation is 1. The van der Waals surface area contributed by atoms with Gasteiger partial charge in [-0.1, -0.05) is 24.3 Å². The topological polar surface area (TPSA) is 78.5 Å². The van der Waals surface area contributed by atoms with E-state index in [1.165, 1.54) is 4.90 Å². The number of fused-ring (bicyclic) bond motifs is 4. The fourth-order valence-electron chi connectivity index (χ4n) is 5.28. The number of para-hydroxylation sites is 1. The maximum absolute atomic E-state index is 13.8. The van der Waals surface area contributed by atoms with E-state index in [4.69, 9.17) is 0 Å². The van der Waals surface area contributed by atoms with Crippen LogP contribution in [0.4, 0.5) is 11.4 Å². The molecule has 0 aromatic heterocycles. The Morgan fingerprint density at radius 2 is 1.90 bits per heavy atom. The van der Waals surface area contributed by atoms with Crippen molar-refractivity contribution < 1.29 is 14.4 Å². The molecule has 6 nitrogen and oxygen atoms in total. The molecular weight excluding hydrogens is 478 g/mol. The molecule has 3 aliphatic rings. The Balaban J connectivity index is 1.66. The highest BCUT2D eigenvalue weighted by Gasteiger charge is 2.70. The molecule has 0 saturated carbocycles. The first-order valence-electron chi connectivity index (χ1n) is 10.2. The molecule has 160 valence electrons. The van der Waals surface area contributed by atoms with Gasteiger partial charge < -0.3 is 5.32 Å². The Morgan fingerprint density at radius 3 is 2.65 bits per heavy atom. The van der Waals surface area contributed by atoms with Crippen LogP contribution >= 0.6 is 27.7 Å². The van der Waals surface area contributed by atoms with Gasteiger partial charge in [-0.25, -0.2) is 4.90 Å². The molecule has 5 rings (SSSR count). The number of hydrogen-bond acceptors (Lipinski definition) is 5. The third-order valence-corrected chi connectivity index (χ3v) is 7.88. The van der Waals surface area contributed by atoms with Gasteiger partial charge in [0.15, 0.2) is 0 Å². The van der Waals surface area contributed by atoms with Gasteiger partial charge in [0.2, 0.25) is 17.7 Å². The lowest BCUT2D eigenvalue weighted by Gasteiger charge is -2.29. The molecule has 8 heteroatoms. The molecule has 2 aromatic rings. The average molecular weight is 500 g/mol. The number of imide groups is 1. The van der Waals surface area contributed by atoms with Crippen molar-refractivity contribution in [1.29, 1.82) is 0 Å². The van der Waals surface area contributed by atoms with Gasteiger partial charge in [-0.3, -0.25) is 19.7 Å². The molecule has 0 aliphatic carbocycles. The minimum atomic E-state index is -1.23. The van der Waals surface area contributed by atoms with E-state index >= 15 is 0 Å². The highest BCUT2D eigenvalue weighted by molar-refractivity contribution is 9.10. The second-order valence-corrected chi connectivity index (χ2v) is 10.2. The van der Waals surface area contributed by atoms with E-state index in [1.54, 1.807) is 17.8 Å². The standard InChI is InChI=1S/C23H22BrN3O3S/c1-12-7-8-17(14(24)11-12)27-20(28)18-16(9-10-31-2)26-23(19(18)21(27)29)13-5-3-4-6-15(13)25-22(23)30/h3-8,11,16,18-19,26H,9-10H2,1-2H3,(H,25,30)/t16-,18-,19-,23-/m0/s1. The summed E-state index contributed by atoms with van der Waals surface area (Å²) < 4.78 is 0.688. The summed E-state index contributed by atoms with van der Waals surface area (Å²) in [7, 11) is 0. The van der Waals surface area contributed by atoms with E-state index < -0.39 is 17.4 Å². The van der Waals surface area contributed by atoms with Crippen molar-refractivity contribution in [3.8, 4) is 0 Å². The van der Waals surface area contributed by atoms with Gasteiger partial charge in [-0.15, -0.1) is 0 Å². The Kier molecular flexibility index (Phi) is 4.99. The van der Waals surface area contributed by atoms with Crippen molar-refractivity contribution in [1.82, 2.24) is 5.32 Å². The van der Waals surface area contributed by atoms with Crippen molar-refractivity contribution in [3.63, 3.8) is 0 Å². The van der Waals surface area contributed by atoms with Crippen LogP contribution in [0.5, 0.6) is 0 Å². The zero-order chi connectivity index (χ0) is 21.9. The van der Waals surface area contributed by atoms with Crippen LogP contribution in [0.1, 0.15) is 17.5 Å². The first kappa shape index (κ1) is 20.7. The molecule has 31 heavy (non-hydrogen) atoms. The van der Waals surface area contributed by atoms with E-state index in [2.05, 4.69) is 26.6 Å². The summed E-state index contributed by atoms with van der Waals surface area (Å²) in [5, 5.41) is 6.39. The van der Waals surface area contributed by atoms with Gasteiger partial charge >= 0.3 is 0 Å². The zero-order valence-electron chi connectivity index (χ0n) is 17.1. The molecule has 1 spiro atoms. The predicted octanol–water partition coefficient (Wildman–Crippen LogP) is 3.44. The molecule has 4 atom stereocenters. The van der Waals surface area contributed by atoms with Crippen LogP contribution in [0.25, 0.3) is 0 Å². The monoisotopic (exact) mass is 499 g/mol. The van der Waals surface area contributed by atoms with Gasteiger partial charge in [0.25, 0.3) is 0 Å². The summed E-state index contributed by atoms with van der Waals surface area (Å²) in [6, 6.07) is 12.7. The lowest BCUT2D eigenvalue weighted by Crippen LogP contribution is -2.53. The van der Waals surface area contributed by atoms with Crippen molar-refractivity contribution in [2.75, 3.05) is 22.2 Å². The summed E-state index contributed by atoms with van der Waals surface area (Å²) in [5.41, 5.74) is 1.76. The summed E-state index contributed by atoms with van der Waals surface area (Å²) >= 11 is 5.20. The Bertz CT molecular complexity index is 1120. The maximum Gasteiger partial charge on any atom is 0.250 e. The molecule has 3 aliphatic heterocycles. The number of thioether (sulfide) groups is 1. The largest absolute Gasteiger partial charge is 0.324 e. The smallest absolute Gasteiger partial charge is 0.250 e. The molecule has 0 unspecified atom stereocenters. The second-order valence-electron chi connectivity index (χ2n) is 8.31. The van der Waals surface area contributed by atoms with Crippen LogP contribution in [0.3, 0.4) is 0 Å². The van der Waals surface area contributed by atoms with Crippen LogP contribution in [0.15, 0.2) is 46.9 Å². The number of amides is 3. The highest BCUT2D eigenvalue weighted by Crippen LogP contribution is 2.54. The summed E-state index contributed by atoms with van der Waals surface area (Å²) in [6.45, 7) is 1.95. The van der Waals surface area contributed by atoms with E-state index in [1.807, 2.05) is 49.6 Å². The van der Waals surface area contributed by atoms with Crippen LogP contribution < -0.4 is 15.5 Å². The molecule has 0 radical (unpaired) electrons. The fraction of sp³-hybridized carbons (Fsp3) is 0.348. The third kappa shape index (κ3) is 2.84. The van der Waals surface area contributed by atoms with E-state index in [9.17, 15) is 14.4 Å². The number of rotatable bonds is 4. The van der Waals surface area contributed by atoms with Gasteiger partial charge in [0.05, 0.1) is 17.5 Å². The normalized spacial score (nSPS) is 28.9. The summed E-state index contributed by atoms with van der Waals surface area (Å²) in [6.07, 6.45) is 2.71. The van der Waals surface area contributed by atoms with Gasteiger partial charge in [-0.2, -0.15) is 11.8 Å². The molecule has 2 fully saturated rings. The number of carbonyl (C=O) groups excluding carboxylic acids is 3. The minimum absolute atomic E-state index is 0.243. The average Bonchev–Trinajstić information content (AvgIpc) is 3.32. The number of carbonyl (C=O) groups is 3. The fourth-order valence-corrected chi connectivity index (χ4v) is 6.44. The van der Waals surface area contributed by atoms with E-state index in [-0.39, 0.29) is 23.8 Å². The maximum atomic E-state index is 13.8. The van der Waals surface area contributed by atoms with E-state index in [0.29, 0.717) is 22.3 Å². The van der Waals surface area contributed by atoms with Crippen molar-refractivity contribution >= 4 is 56.8 Å². The van der Waals surface area contributed by atoms with Crippen molar-refractivity contribution in [2.45, 2.75) is 24.9 Å². The van der Waals surface area contributed by atoms with Crippen molar-refractivity contribution in [3.05, 3.63) is 58.1 Å². The zero-order valence-corrected chi connectivity index (χ0v) is 19.5. The number of nitrogens with one attached hydrogen (secondary N) is 2. The first-order chi connectivity index (χ1) is 14.9. The summed E-state index contributed by atoms with van der Waals surface area (Å²) in [5.74, 6) is -1.39. The van der Waals surface area contributed by atoms with Crippen LogP contribution in [0.2, 0.25) is 0 Å². The summed E-state index contributed by atoms with van der Waals surface area (Å²) in [4.78, 5) is 42.1. The molecule has 2 N–H and O–H groups in total. The van der Waals surface area contributed by atoms with Gasteiger partial charge in [0.1, 0.15) is 5.54 Å². The van der Waals surface area contributed by atoms with Gasteiger partial charge in [0, 0.05) is 21.8 Å². The lowest BCUT2D eigenvalue weighted by molar-refractivity contribution is -0.130. The molecular formula is C23H22BrN3O3S. The second kappa shape index (κ2) is 7.46. The number of benzene rings is 2. The molecule has 3 heterocycles. The van der Waals surface area contributed by atoms with Gasteiger partial charge in [-0.05, 0) is 65.0 Å². The highest BCUT2D eigenvalue weighted by atomic mass is 79.9. The molecule has 2 aromatic carbocycles.